The minimum Gasteiger partial charge on any atom is -0.491 e. The number of piperazine rings is 1. The van der Waals surface area contributed by atoms with Gasteiger partial charge in [-0.2, -0.15) is 0 Å². The van der Waals surface area contributed by atoms with Gasteiger partial charge in [-0.1, -0.05) is 24.3 Å². The lowest BCUT2D eigenvalue weighted by Crippen LogP contribution is -2.49. The van der Waals surface area contributed by atoms with E-state index in [1.54, 1.807) is 17.0 Å². The van der Waals surface area contributed by atoms with Crippen LogP contribution in [0, 0.1) is 10.1 Å². The molecule has 0 aromatic heterocycles. The van der Waals surface area contributed by atoms with Gasteiger partial charge >= 0.3 is 0 Å². The van der Waals surface area contributed by atoms with Crippen molar-refractivity contribution in [2.75, 3.05) is 50.9 Å². The van der Waals surface area contributed by atoms with Gasteiger partial charge in [-0.3, -0.25) is 14.9 Å². The van der Waals surface area contributed by atoms with Gasteiger partial charge in [0.25, 0.3) is 5.69 Å². The molecule has 28 heavy (non-hydrogen) atoms. The number of para-hydroxylation sites is 1. The number of anilines is 1. The number of amides is 1. The van der Waals surface area contributed by atoms with Gasteiger partial charge in [-0.05, 0) is 18.2 Å². The van der Waals surface area contributed by atoms with Crippen LogP contribution in [0.3, 0.4) is 0 Å². The molecule has 1 saturated heterocycles. The van der Waals surface area contributed by atoms with E-state index in [0.29, 0.717) is 39.4 Å². The summed E-state index contributed by atoms with van der Waals surface area (Å²) in [5.41, 5.74) is 0.873. The highest BCUT2D eigenvalue weighted by Gasteiger charge is 2.22. The summed E-state index contributed by atoms with van der Waals surface area (Å²) >= 11 is 0. The van der Waals surface area contributed by atoms with Gasteiger partial charge in [0, 0.05) is 44.0 Å². The smallest absolute Gasteiger partial charge is 0.271 e. The molecule has 1 amide bonds. The molecule has 0 spiro atoms. The first-order chi connectivity index (χ1) is 13.6. The molecular formula is C20H23N3O5. The van der Waals surface area contributed by atoms with E-state index in [4.69, 9.17) is 9.47 Å². The zero-order chi connectivity index (χ0) is 19.8. The van der Waals surface area contributed by atoms with Crippen LogP contribution in [0.15, 0.2) is 54.6 Å². The summed E-state index contributed by atoms with van der Waals surface area (Å²) in [4.78, 5) is 26.6. The second-order valence-corrected chi connectivity index (χ2v) is 6.36. The van der Waals surface area contributed by atoms with E-state index in [1.807, 2.05) is 41.3 Å². The number of hydrogen-bond acceptors (Lipinski definition) is 6. The van der Waals surface area contributed by atoms with Crippen molar-refractivity contribution in [3.8, 4) is 5.75 Å². The molecule has 8 nitrogen and oxygen atoms in total. The van der Waals surface area contributed by atoms with Gasteiger partial charge < -0.3 is 19.3 Å². The molecule has 0 aliphatic carbocycles. The number of ether oxygens (including phenoxy) is 2. The van der Waals surface area contributed by atoms with Crippen molar-refractivity contribution in [3.63, 3.8) is 0 Å². The maximum atomic E-state index is 12.3. The highest BCUT2D eigenvalue weighted by molar-refractivity contribution is 5.77. The highest BCUT2D eigenvalue weighted by Crippen LogP contribution is 2.22. The maximum Gasteiger partial charge on any atom is 0.271 e. The summed E-state index contributed by atoms with van der Waals surface area (Å²) in [5.74, 6) is 0.716. The van der Waals surface area contributed by atoms with E-state index in [2.05, 4.69) is 0 Å². The fraction of sp³-hybridized carbons (Fsp3) is 0.350. The molecule has 1 heterocycles. The topological polar surface area (TPSA) is 85.2 Å². The standard InChI is InChI=1S/C20H23N3O5/c24-20(16-27-13-14-28-19-7-2-1-3-8-19)22-11-9-21(10-12-22)17-5-4-6-18(15-17)23(25)26/h1-8,15H,9-14,16H2. The van der Waals surface area contributed by atoms with Crippen molar-refractivity contribution in [2.24, 2.45) is 0 Å². The molecule has 0 atom stereocenters. The maximum absolute atomic E-state index is 12.3. The van der Waals surface area contributed by atoms with Gasteiger partial charge in [0.05, 0.1) is 11.5 Å². The molecule has 2 aromatic rings. The number of benzene rings is 2. The number of rotatable bonds is 8. The zero-order valence-electron chi connectivity index (χ0n) is 15.5. The Balaban J connectivity index is 1.37. The van der Waals surface area contributed by atoms with Gasteiger partial charge in [0.15, 0.2) is 0 Å². The summed E-state index contributed by atoms with van der Waals surface area (Å²) in [7, 11) is 0. The molecule has 1 aliphatic heterocycles. The minimum absolute atomic E-state index is 0.0228. The van der Waals surface area contributed by atoms with E-state index in [-0.39, 0.29) is 18.2 Å². The van der Waals surface area contributed by atoms with Crippen molar-refractivity contribution in [1.29, 1.82) is 0 Å². The van der Waals surface area contributed by atoms with Gasteiger partial charge in [-0.15, -0.1) is 0 Å². The fourth-order valence-corrected chi connectivity index (χ4v) is 3.00. The Labute approximate surface area is 163 Å². The van der Waals surface area contributed by atoms with Crippen molar-refractivity contribution in [2.45, 2.75) is 0 Å². The lowest BCUT2D eigenvalue weighted by atomic mass is 10.2. The first kappa shape index (κ1) is 19.6. The van der Waals surface area contributed by atoms with E-state index in [0.717, 1.165) is 11.4 Å². The predicted molar refractivity (Wildman–Crippen MR) is 105 cm³/mol. The third-order valence-corrected chi connectivity index (χ3v) is 4.50. The first-order valence-corrected chi connectivity index (χ1v) is 9.16. The summed E-state index contributed by atoms with van der Waals surface area (Å²) in [5, 5.41) is 10.9. The monoisotopic (exact) mass is 385 g/mol. The predicted octanol–water partition coefficient (Wildman–Crippen LogP) is 2.34. The minimum atomic E-state index is -0.401. The number of nitro groups is 1. The molecule has 0 radical (unpaired) electrons. The van der Waals surface area contributed by atoms with Crippen LogP contribution in [-0.4, -0.2) is 61.7 Å². The second-order valence-electron chi connectivity index (χ2n) is 6.36. The Hall–Kier alpha value is -3.13. The molecular weight excluding hydrogens is 362 g/mol. The van der Waals surface area contributed by atoms with Gasteiger partial charge in [-0.25, -0.2) is 0 Å². The van der Waals surface area contributed by atoms with Crippen LogP contribution < -0.4 is 9.64 Å². The van der Waals surface area contributed by atoms with Gasteiger partial charge in [0.1, 0.15) is 19.0 Å². The first-order valence-electron chi connectivity index (χ1n) is 9.16. The number of nitro benzene ring substituents is 1. The average molecular weight is 385 g/mol. The number of non-ortho nitro benzene ring substituents is 1. The van der Waals surface area contributed by atoms with E-state index in [1.165, 1.54) is 6.07 Å². The Bertz CT molecular complexity index is 791. The van der Waals surface area contributed by atoms with Gasteiger partial charge in [0.2, 0.25) is 5.91 Å². The molecule has 0 saturated carbocycles. The largest absolute Gasteiger partial charge is 0.491 e. The Morgan fingerprint density at radius 1 is 1.00 bits per heavy atom. The average Bonchev–Trinajstić information content (AvgIpc) is 2.74. The van der Waals surface area contributed by atoms with Crippen molar-refractivity contribution in [1.82, 2.24) is 4.90 Å². The number of hydrogen-bond donors (Lipinski definition) is 0. The van der Waals surface area contributed by atoms with Crippen LogP contribution in [0.5, 0.6) is 5.75 Å². The van der Waals surface area contributed by atoms with Crippen LogP contribution in [0.25, 0.3) is 0 Å². The Morgan fingerprint density at radius 2 is 1.75 bits per heavy atom. The van der Waals surface area contributed by atoms with Crippen molar-refractivity contribution in [3.05, 3.63) is 64.7 Å². The quantitative estimate of drug-likeness (QED) is 0.394. The lowest BCUT2D eigenvalue weighted by molar-refractivity contribution is -0.384. The fourth-order valence-electron chi connectivity index (χ4n) is 3.00. The zero-order valence-corrected chi connectivity index (χ0v) is 15.5. The molecule has 1 aliphatic rings. The van der Waals surface area contributed by atoms with Crippen LogP contribution in [-0.2, 0) is 9.53 Å². The second kappa shape index (κ2) is 9.70. The summed E-state index contributed by atoms with van der Waals surface area (Å²) in [6.45, 7) is 3.13. The van der Waals surface area contributed by atoms with Crippen LogP contribution in [0.1, 0.15) is 0 Å². The third-order valence-electron chi connectivity index (χ3n) is 4.50. The Morgan fingerprint density at radius 3 is 2.46 bits per heavy atom. The molecule has 8 heteroatoms. The van der Waals surface area contributed by atoms with Crippen molar-refractivity contribution < 1.29 is 19.2 Å². The molecule has 148 valence electrons. The lowest BCUT2D eigenvalue weighted by Gasteiger charge is -2.36. The summed E-state index contributed by atoms with van der Waals surface area (Å²) in [6, 6.07) is 16.0. The molecule has 1 fully saturated rings. The summed E-state index contributed by atoms with van der Waals surface area (Å²) in [6.07, 6.45) is 0. The van der Waals surface area contributed by atoms with Crippen LogP contribution in [0.2, 0.25) is 0 Å². The van der Waals surface area contributed by atoms with E-state index < -0.39 is 4.92 Å². The third kappa shape index (κ3) is 5.43. The molecule has 2 aromatic carbocycles. The normalized spacial score (nSPS) is 14.0. The summed E-state index contributed by atoms with van der Waals surface area (Å²) < 4.78 is 10.9. The van der Waals surface area contributed by atoms with Crippen molar-refractivity contribution >= 4 is 17.3 Å². The SMILES string of the molecule is O=C(COCCOc1ccccc1)N1CCN(c2cccc([N+](=O)[O-])c2)CC1. The number of carbonyl (C=O) groups excluding carboxylic acids is 1. The Kier molecular flexibility index (Phi) is 6.80. The molecule has 3 rings (SSSR count). The molecule has 0 unspecified atom stereocenters. The molecule has 0 N–H and O–H groups in total. The molecule has 0 bridgehead atoms. The number of carbonyl (C=O) groups is 1. The van der Waals surface area contributed by atoms with E-state index in [9.17, 15) is 14.9 Å². The number of nitrogens with zero attached hydrogens (tertiary/aromatic N) is 3. The highest BCUT2D eigenvalue weighted by atomic mass is 16.6. The van der Waals surface area contributed by atoms with E-state index >= 15 is 0 Å². The van der Waals surface area contributed by atoms with Crippen LogP contribution >= 0.6 is 0 Å². The van der Waals surface area contributed by atoms with Crippen LogP contribution in [0.4, 0.5) is 11.4 Å².